The monoisotopic (exact) mass is 396 g/mol. The topological polar surface area (TPSA) is 113 Å². The molecule has 4 aliphatic rings. The van der Waals surface area contributed by atoms with E-state index in [-0.39, 0.29) is 24.2 Å². The zero-order valence-electron chi connectivity index (χ0n) is 16.1. The molecule has 3 unspecified atom stereocenters. The second-order valence-corrected chi connectivity index (χ2v) is 8.83. The lowest BCUT2D eigenvalue weighted by atomic mass is 9.87. The van der Waals surface area contributed by atoms with Crippen molar-refractivity contribution < 1.29 is 19.2 Å². The van der Waals surface area contributed by atoms with E-state index >= 15 is 0 Å². The second-order valence-electron chi connectivity index (χ2n) is 8.83. The summed E-state index contributed by atoms with van der Waals surface area (Å²) in [6.07, 6.45) is 3.76. The fraction of sp³-hybridized carbons (Fsp3) is 0.524. The molecule has 152 valence electrons. The van der Waals surface area contributed by atoms with Gasteiger partial charge in [-0.2, -0.15) is 0 Å². The Labute approximate surface area is 168 Å². The van der Waals surface area contributed by atoms with E-state index in [1.54, 1.807) is 12.1 Å². The smallest absolute Gasteiger partial charge is 0.262 e. The van der Waals surface area contributed by atoms with Crippen molar-refractivity contribution in [3.8, 4) is 0 Å². The van der Waals surface area contributed by atoms with Crippen LogP contribution in [0.25, 0.3) is 0 Å². The highest BCUT2D eigenvalue weighted by atomic mass is 16.2. The molecule has 3 fully saturated rings. The van der Waals surface area contributed by atoms with Crippen LogP contribution in [-0.2, 0) is 16.1 Å². The summed E-state index contributed by atoms with van der Waals surface area (Å²) in [5.74, 6) is -1.88. The Hall–Kier alpha value is -2.58. The van der Waals surface area contributed by atoms with Crippen LogP contribution in [0, 0.1) is 5.41 Å². The maximum atomic E-state index is 13.0. The predicted octanol–water partition coefficient (Wildman–Crippen LogP) is 0.401. The van der Waals surface area contributed by atoms with Crippen LogP contribution in [-0.4, -0.2) is 58.6 Å². The maximum absolute atomic E-state index is 13.0. The third kappa shape index (κ3) is 2.81. The molecule has 5 rings (SSSR count). The number of amides is 4. The fourth-order valence-electron chi connectivity index (χ4n) is 5.48. The number of imide groups is 2. The number of rotatable bonds is 4. The molecule has 2 saturated heterocycles. The molecule has 1 aromatic rings. The second kappa shape index (κ2) is 6.47. The molecule has 0 radical (unpaired) electrons. The lowest BCUT2D eigenvalue weighted by Crippen LogP contribution is -2.54. The molecule has 3 N–H and O–H groups in total. The van der Waals surface area contributed by atoms with Crippen molar-refractivity contribution in [2.45, 2.75) is 50.7 Å². The summed E-state index contributed by atoms with van der Waals surface area (Å²) >= 11 is 0. The van der Waals surface area contributed by atoms with E-state index in [9.17, 15) is 19.2 Å². The van der Waals surface area contributed by atoms with E-state index in [0.29, 0.717) is 23.7 Å². The van der Waals surface area contributed by atoms with Gasteiger partial charge in [0.15, 0.2) is 0 Å². The van der Waals surface area contributed by atoms with Gasteiger partial charge in [-0.3, -0.25) is 34.3 Å². The Morgan fingerprint density at radius 3 is 2.62 bits per heavy atom. The van der Waals surface area contributed by atoms with E-state index in [1.165, 1.54) is 6.42 Å². The number of carbonyl (C=O) groups is 4. The van der Waals surface area contributed by atoms with Crippen LogP contribution in [0.1, 0.15) is 58.4 Å². The third-order valence-electron chi connectivity index (χ3n) is 7.05. The summed E-state index contributed by atoms with van der Waals surface area (Å²) in [7, 11) is 0. The zero-order chi connectivity index (χ0) is 20.3. The highest BCUT2D eigenvalue weighted by molar-refractivity contribution is 6.23. The first kappa shape index (κ1) is 18.4. The molecule has 3 atom stereocenters. The molecule has 29 heavy (non-hydrogen) atoms. The summed E-state index contributed by atoms with van der Waals surface area (Å²) in [4.78, 5) is 52.7. The lowest BCUT2D eigenvalue weighted by Gasteiger charge is -2.31. The fourth-order valence-corrected chi connectivity index (χ4v) is 5.48. The Morgan fingerprint density at radius 1 is 1.10 bits per heavy atom. The summed E-state index contributed by atoms with van der Waals surface area (Å²) in [6.45, 7) is 2.40. The Bertz CT molecular complexity index is 945. The molecular formula is C21H24N4O4. The summed E-state index contributed by atoms with van der Waals surface area (Å²) < 4.78 is 0. The number of piperidine rings is 2. The van der Waals surface area contributed by atoms with Crippen LogP contribution >= 0.6 is 0 Å². The summed E-state index contributed by atoms with van der Waals surface area (Å²) in [6, 6.07) is 4.96. The Balaban J connectivity index is 1.36. The average molecular weight is 396 g/mol. The van der Waals surface area contributed by atoms with E-state index in [2.05, 4.69) is 10.2 Å². The van der Waals surface area contributed by atoms with Gasteiger partial charge in [0.25, 0.3) is 11.8 Å². The minimum atomic E-state index is -0.928. The van der Waals surface area contributed by atoms with E-state index in [4.69, 9.17) is 5.73 Å². The number of nitrogens with one attached hydrogen (secondary N) is 1. The van der Waals surface area contributed by atoms with Crippen LogP contribution in [0.15, 0.2) is 18.2 Å². The number of carbonyl (C=O) groups excluding carboxylic acids is 4. The standard InChI is InChI=1S/C21H24N4O4/c22-10-21-6-5-13(8-21)24(11-21)9-12-1-2-14-15(7-12)20(29)25(19(14)28)16-3-4-17(26)23-18(16)27/h1-2,7,13,16H,3-6,8-11,22H2,(H,23,26,27). The maximum Gasteiger partial charge on any atom is 0.262 e. The Morgan fingerprint density at radius 2 is 1.90 bits per heavy atom. The van der Waals surface area contributed by atoms with Crippen LogP contribution in [0.3, 0.4) is 0 Å². The van der Waals surface area contributed by atoms with Crippen LogP contribution < -0.4 is 11.1 Å². The first-order valence-corrected chi connectivity index (χ1v) is 10.2. The molecule has 1 aliphatic carbocycles. The van der Waals surface area contributed by atoms with Gasteiger partial charge in [0, 0.05) is 25.6 Å². The van der Waals surface area contributed by atoms with Crippen LogP contribution in [0.4, 0.5) is 0 Å². The Kier molecular flexibility index (Phi) is 4.11. The number of nitrogens with zero attached hydrogens (tertiary/aromatic N) is 2. The van der Waals surface area contributed by atoms with E-state index in [0.717, 1.165) is 36.4 Å². The minimum absolute atomic E-state index is 0.119. The van der Waals surface area contributed by atoms with Crippen molar-refractivity contribution in [3.63, 3.8) is 0 Å². The van der Waals surface area contributed by atoms with Gasteiger partial charge in [-0.15, -0.1) is 0 Å². The predicted molar refractivity (Wildman–Crippen MR) is 103 cm³/mol. The molecule has 8 heteroatoms. The van der Waals surface area contributed by atoms with Crippen molar-refractivity contribution >= 4 is 23.6 Å². The summed E-state index contributed by atoms with van der Waals surface area (Å²) in [5, 5.41) is 2.22. The van der Waals surface area contributed by atoms with E-state index in [1.807, 2.05) is 6.07 Å². The highest BCUT2D eigenvalue weighted by Gasteiger charge is 2.48. The quantitative estimate of drug-likeness (QED) is 0.713. The number of fused-ring (bicyclic) bond motifs is 3. The minimum Gasteiger partial charge on any atom is -0.330 e. The third-order valence-corrected chi connectivity index (χ3v) is 7.05. The zero-order valence-corrected chi connectivity index (χ0v) is 16.1. The van der Waals surface area contributed by atoms with Gasteiger partial charge in [0.1, 0.15) is 6.04 Å². The van der Waals surface area contributed by atoms with Gasteiger partial charge in [-0.25, -0.2) is 0 Å². The van der Waals surface area contributed by atoms with Crippen molar-refractivity contribution in [1.29, 1.82) is 0 Å². The first-order chi connectivity index (χ1) is 13.9. The van der Waals surface area contributed by atoms with Gasteiger partial charge in [-0.1, -0.05) is 6.07 Å². The number of nitrogens with two attached hydrogens (primary N) is 1. The average Bonchev–Trinajstić information content (AvgIpc) is 3.34. The van der Waals surface area contributed by atoms with Crippen molar-refractivity contribution in [2.75, 3.05) is 13.1 Å². The summed E-state index contributed by atoms with van der Waals surface area (Å²) in [5.41, 5.74) is 7.89. The number of hydrogen-bond donors (Lipinski definition) is 2. The van der Waals surface area contributed by atoms with Gasteiger partial charge in [-0.05, 0) is 55.3 Å². The molecule has 1 saturated carbocycles. The highest BCUT2D eigenvalue weighted by Crippen LogP contribution is 2.47. The molecule has 3 heterocycles. The molecule has 1 aromatic carbocycles. The molecule has 0 aromatic heterocycles. The molecule has 4 amide bonds. The van der Waals surface area contributed by atoms with Crippen molar-refractivity contribution in [3.05, 3.63) is 34.9 Å². The molecular weight excluding hydrogens is 372 g/mol. The number of benzene rings is 1. The number of likely N-dealkylation sites (tertiary alicyclic amines) is 1. The lowest BCUT2D eigenvalue weighted by molar-refractivity contribution is -0.136. The molecule has 8 nitrogen and oxygen atoms in total. The largest absolute Gasteiger partial charge is 0.330 e. The van der Waals surface area contributed by atoms with Crippen molar-refractivity contribution in [1.82, 2.24) is 15.1 Å². The normalized spacial score (nSPS) is 31.6. The molecule has 0 spiro atoms. The van der Waals surface area contributed by atoms with E-state index < -0.39 is 23.8 Å². The van der Waals surface area contributed by atoms with Crippen LogP contribution in [0.2, 0.25) is 0 Å². The van der Waals surface area contributed by atoms with Gasteiger partial charge in [0.05, 0.1) is 11.1 Å². The van der Waals surface area contributed by atoms with Gasteiger partial charge >= 0.3 is 0 Å². The van der Waals surface area contributed by atoms with Gasteiger partial charge < -0.3 is 5.73 Å². The van der Waals surface area contributed by atoms with Gasteiger partial charge in [0.2, 0.25) is 11.8 Å². The SMILES string of the molecule is NCC12CCC(C1)N(Cc1ccc3c(c1)C(=O)N(C1CCC(=O)NC1=O)C3=O)C2. The first-order valence-electron chi connectivity index (χ1n) is 10.2. The van der Waals surface area contributed by atoms with Crippen molar-refractivity contribution in [2.24, 2.45) is 11.1 Å². The number of hydrogen-bond acceptors (Lipinski definition) is 6. The molecule has 2 bridgehead atoms. The van der Waals surface area contributed by atoms with Crippen LogP contribution in [0.5, 0.6) is 0 Å². The molecule has 3 aliphatic heterocycles.